The number of aromatic nitrogens is 2. The van der Waals surface area contributed by atoms with Gasteiger partial charge in [-0.2, -0.15) is 0 Å². The molecule has 0 bridgehead atoms. The fourth-order valence-electron chi connectivity index (χ4n) is 3.61. The Morgan fingerprint density at radius 1 is 0.903 bits per heavy atom. The van der Waals surface area contributed by atoms with Crippen LogP contribution in [0.15, 0.2) is 71.5 Å². The van der Waals surface area contributed by atoms with Gasteiger partial charge in [-0.3, -0.25) is 9.59 Å². The maximum Gasteiger partial charge on any atom is 0.272 e. The van der Waals surface area contributed by atoms with Crippen LogP contribution in [-0.4, -0.2) is 15.5 Å². The largest absolute Gasteiger partial charge is 0.348 e. The molecule has 1 heterocycles. The molecular weight excluding hydrogens is 386 g/mol. The summed E-state index contributed by atoms with van der Waals surface area (Å²) in [4.78, 5) is 29.7. The molecule has 1 amide bonds. The van der Waals surface area contributed by atoms with Crippen LogP contribution in [0.4, 0.5) is 0 Å². The van der Waals surface area contributed by atoms with Crippen LogP contribution in [0.2, 0.25) is 0 Å². The second-order valence-corrected chi connectivity index (χ2v) is 7.88. The lowest BCUT2D eigenvalue weighted by atomic mass is 10.1. The third-order valence-electron chi connectivity index (χ3n) is 5.58. The number of amides is 1. The summed E-state index contributed by atoms with van der Waals surface area (Å²) in [5, 5.41) is 2.93. The fourth-order valence-corrected chi connectivity index (χ4v) is 3.61. The van der Waals surface area contributed by atoms with Crippen LogP contribution in [-0.2, 0) is 13.1 Å². The lowest BCUT2D eigenvalue weighted by molar-refractivity contribution is 0.0951. The van der Waals surface area contributed by atoms with Gasteiger partial charge < -0.3 is 9.88 Å². The van der Waals surface area contributed by atoms with E-state index in [0.717, 1.165) is 33.3 Å². The van der Waals surface area contributed by atoms with Crippen molar-refractivity contribution < 1.29 is 4.79 Å². The van der Waals surface area contributed by atoms with E-state index in [4.69, 9.17) is 0 Å². The monoisotopic (exact) mass is 411 g/mol. The molecule has 31 heavy (non-hydrogen) atoms. The Morgan fingerprint density at radius 3 is 2.29 bits per heavy atom. The first-order valence-electron chi connectivity index (χ1n) is 10.3. The molecule has 4 aromatic rings. The number of fused-ring (bicyclic) bond motifs is 1. The minimum absolute atomic E-state index is 0.0968. The molecule has 0 unspecified atom stereocenters. The summed E-state index contributed by atoms with van der Waals surface area (Å²) in [5.74, 6) is -0.121. The molecule has 1 aromatic heterocycles. The highest BCUT2D eigenvalue weighted by molar-refractivity contribution is 5.94. The van der Waals surface area contributed by atoms with Crippen molar-refractivity contribution in [2.75, 3.05) is 0 Å². The molecule has 3 aromatic carbocycles. The molecule has 0 fully saturated rings. The van der Waals surface area contributed by atoms with Gasteiger partial charge in [0.1, 0.15) is 5.69 Å². The zero-order valence-corrected chi connectivity index (χ0v) is 18.0. The minimum atomic E-state index is -0.121. The van der Waals surface area contributed by atoms with Crippen LogP contribution in [0.3, 0.4) is 0 Å². The second kappa shape index (κ2) is 8.56. The summed E-state index contributed by atoms with van der Waals surface area (Å²) in [6.45, 7) is 6.73. The van der Waals surface area contributed by atoms with Crippen molar-refractivity contribution in [2.24, 2.45) is 0 Å². The van der Waals surface area contributed by atoms with Crippen LogP contribution in [0, 0.1) is 20.8 Å². The SMILES string of the molecule is Cc1cc2nc(C)c(=O)n(Cc3ccc(C(=O)NCc4ccccc4)cc3)c2cc1C. The summed E-state index contributed by atoms with van der Waals surface area (Å²) in [6, 6.07) is 21.2. The average molecular weight is 412 g/mol. The molecule has 0 aliphatic heterocycles. The molecule has 0 radical (unpaired) electrons. The predicted molar refractivity (Wildman–Crippen MR) is 123 cm³/mol. The molecule has 0 atom stereocenters. The number of nitrogens with zero attached hydrogens (tertiary/aromatic N) is 2. The molecule has 0 spiro atoms. The number of carbonyl (C=O) groups is 1. The Morgan fingerprint density at radius 2 is 1.58 bits per heavy atom. The first kappa shape index (κ1) is 20.5. The van der Waals surface area contributed by atoms with Crippen molar-refractivity contribution in [1.82, 2.24) is 14.9 Å². The normalized spacial score (nSPS) is 10.9. The molecule has 5 nitrogen and oxygen atoms in total. The van der Waals surface area contributed by atoms with Crippen LogP contribution in [0.25, 0.3) is 11.0 Å². The fraction of sp³-hybridized carbons (Fsp3) is 0.192. The third-order valence-corrected chi connectivity index (χ3v) is 5.58. The molecule has 0 saturated carbocycles. The van der Waals surface area contributed by atoms with Crippen molar-refractivity contribution in [2.45, 2.75) is 33.9 Å². The van der Waals surface area contributed by atoms with Gasteiger partial charge in [-0.15, -0.1) is 0 Å². The summed E-state index contributed by atoms with van der Waals surface area (Å²) in [6.07, 6.45) is 0. The Kier molecular flexibility index (Phi) is 5.67. The summed E-state index contributed by atoms with van der Waals surface area (Å²) >= 11 is 0. The van der Waals surface area contributed by atoms with Crippen LogP contribution in [0.5, 0.6) is 0 Å². The van der Waals surface area contributed by atoms with E-state index in [1.54, 1.807) is 23.6 Å². The smallest absolute Gasteiger partial charge is 0.272 e. The van der Waals surface area contributed by atoms with Gasteiger partial charge in [0.25, 0.3) is 11.5 Å². The third kappa shape index (κ3) is 4.40. The van der Waals surface area contributed by atoms with Gasteiger partial charge in [-0.05, 0) is 67.3 Å². The maximum absolute atomic E-state index is 12.8. The van der Waals surface area contributed by atoms with E-state index in [1.165, 1.54) is 0 Å². The van der Waals surface area contributed by atoms with Crippen molar-refractivity contribution in [3.63, 3.8) is 0 Å². The van der Waals surface area contributed by atoms with Crippen molar-refractivity contribution in [1.29, 1.82) is 0 Å². The number of aryl methyl sites for hydroxylation is 3. The first-order chi connectivity index (χ1) is 14.9. The lowest BCUT2D eigenvalue weighted by Gasteiger charge is -2.13. The highest BCUT2D eigenvalue weighted by atomic mass is 16.1. The van der Waals surface area contributed by atoms with Gasteiger partial charge in [0.15, 0.2) is 0 Å². The van der Waals surface area contributed by atoms with Crippen LogP contribution in [0.1, 0.15) is 38.3 Å². The maximum atomic E-state index is 12.8. The average Bonchev–Trinajstić information content (AvgIpc) is 2.78. The Hall–Kier alpha value is -3.73. The van der Waals surface area contributed by atoms with E-state index in [1.807, 2.05) is 68.4 Å². The number of rotatable bonds is 5. The molecule has 4 rings (SSSR count). The Labute approximate surface area is 181 Å². The second-order valence-electron chi connectivity index (χ2n) is 7.88. The van der Waals surface area contributed by atoms with E-state index in [9.17, 15) is 9.59 Å². The highest BCUT2D eigenvalue weighted by Gasteiger charge is 2.11. The topological polar surface area (TPSA) is 64.0 Å². The summed E-state index contributed by atoms with van der Waals surface area (Å²) in [5.41, 5.74) is 6.89. The van der Waals surface area contributed by atoms with E-state index in [2.05, 4.69) is 10.3 Å². The standard InChI is InChI=1S/C26H25N3O2/c1-17-13-23-24(14-18(17)2)29(26(31)19(3)28-23)16-21-9-11-22(12-10-21)25(30)27-15-20-7-5-4-6-8-20/h4-14H,15-16H2,1-3H3,(H,27,30). The number of hydrogen-bond donors (Lipinski definition) is 1. The number of nitrogens with one attached hydrogen (secondary N) is 1. The summed E-state index contributed by atoms with van der Waals surface area (Å²) in [7, 11) is 0. The van der Waals surface area contributed by atoms with Gasteiger partial charge in [0.05, 0.1) is 17.6 Å². The minimum Gasteiger partial charge on any atom is -0.348 e. The molecule has 0 aliphatic rings. The van der Waals surface area contributed by atoms with Crippen LogP contribution < -0.4 is 10.9 Å². The number of hydrogen-bond acceptors (Lipinski definition) is 3. The quantitative estimate of drug-likeness (QED) is 0.533. The highest BCUT2D eigenvalue weighted by Crippen LogP contribution is 2.18. The molecule has 0 saturated heterocycles. The number of benzene rings is 3. The Balaban J connectivity index is 1.56. The van der Waals surface area contributed by atoms with Crippen molar-refractivity contribution >= 4 is 16.9 Å². The zero-order chi connectivity index (χ0) is 22.0. The van der Waals surface area contributed by atoms with Gasteiger partial charge >= 0.3 is 0 Å². The molecule has 5 heteroatoms. The Bertz CT molecular complexity index is 1310. The van der Waals surface area contributed by atoms with Crippen molar-refractivity contribution in [3.05, 3.63) is 111 Å². The van der Waals surface area contributed by atoms with Gasteiger partial charge in [0, 0.05) is 12.1 Å². The van der Waals surface area contributed by atoms with E-state index < -0.39 is 0 Å². The van der Waals surface area contributed by atoms with E-state index in [0.29, 0.717) is 24.3 Å². The van der Waals surface area contributed by atoms with Crippen LogP contribution >= 0.6 is 0 Å². The van der Waals surface area contributed by atoms with Crippen molar-refractivity contribution in [3.8, 4) is 0 Å². The lowest BCUT2D eigenvalue weighted by Crippen LogP contribution is -2.25. The molecule has 0 aliphatic carbocycles. The predicted octanol–water partition coefficient (Wildman–Crippen LogP) is 4.30. The molecular formula is C26H25N3O2. The van der Waals surface area contributed by atoms with Gasteiger partial charge in [-0.1, -0.05) is 42.5 Å². The summed E-state index contributed by atoms with van der Waals surface area (Å²) < 4.78 is 1.76. The van der Waals surface area contributed by atoms with E-state index in [-0.39, 0.29) is 11.5 Å². The van der Waals surface area contributed by atoms with Gasteiger partial charge in [-0.25, -0.2) is 4.98 Å². The molecule has 1 N–H and O–H groups in total. The van der Waals surface area contributed by atoms with E-state index >= 15 is 0 Å². The first-order valence-corrected chi connectivity index (χ1v) is 10.3. The number of carbonyl (C=O) groups excluding carboxylic acids is 1. The molecule has 156 valence electrons. The van der Waals surface area contributed by atoms with Gasteiger partial charge in [0.2, 0.25) is 0 Å². The zero-order valence-electron chi connectivity index (χ0n) is 18.0.